The van der Waals surface area contributed by atoms with E-state index in [0.717, 1.165) is 0 Å². The monoisotopic (exact) mass is 249 g/mol. The van der Waals surface area contributed by atoms with Gasteiger partial charge in [0.25, 0.3) is 0 Å². The Balaban J connectivity index is 2.12. The number of primary amides is 1. The molecule has 0 aliphatic carbocycles. The molecule has 0 spiro atoms. The second-order valence-electron chi connectivity index (χ2n) is 4.10. The van der Waals surface area contributed by atoms with Crippen molar-refractivity contribution < 1.29 is 14.3 Å². The van der Waals surface area contributed by atoms with Gasteiger partial charge in [-0.3, -0.25) is 9.59 Å². The molecular weight excluding hydrogens is 234 g/mol. The summed E-state index contributed by atoms with van der Waals surface area (Å²) in [6.45, 7) is 2.74. The van der Waals surface area contributed by atoms with E-state index >= 15 is 0 Å². The van der Waals surface area contributed by atoms with Crippen LogP contribution >= 0.6 is 0 Å². The van der Waals surface area contributed by atoms with Crippen molar-refractivity contribution >= 4 is 17.5 Å². The smallest absolute Gasteiger partial charge is 0.227 e. The Bertz CT molecular complexity index is 458. The average molecular weight is 249 g/mol. The predicted molar refractivity (Wildman–Crippen MR) is 65.1 cm³/mol. The third kappa shape index (κ3) is 2.42. The molecule has 0 aromatic carbocycles. The number of pyridine rings is 1. The van der Waals surface area contributed by atoms with Gasteiger partial charge in [0.1, 0.15) is 0 Å². The van der Waals surface area contributed by atoms with E-state index in [1.165, 1.54) is 4.90 Å². The molecule has 0 saturated carbocycles. The van der Waals surface area contributed by atoms with E-state index in [4.69, 9.17) is 10.5 Å². The molecule has 1 aliphatic rings. The number of ether oxygens (including phenoxy) is 1. The molecule has 2 heterocycles. The standard InChI is InChI=1S/C12H15N3O3/c1-2-18-10-4-3-9(6-14-10)15-7-8(12(13)17)5-11(15)16/h3-4,6,8H,2,5,7H2,1H3,(H2,13,17). The van der Waals surface area contributed by atoms with E-state index in [1.54, 1.807) is 18.3 Å². The van der Waals surface area contributed by atoms with Gasteiger partial charge >= 0.3 is 0 Å². The van der Waals surface area contributed by atoms with Crippen molar-refractivity contribution in [3.8, 4) is 5.88 Å². The van der Waals surface area contributed by atoms with Gasteiger partial charge in [-0.1, -0.05) is 0 Å². The third-order valence-corrected chi connectivity index (χ3v) is 2.85. The van der Waals surface area contributed by atoms with Gasteiger partial charge in [-0.05, 0) is 13.0 Å². The highest BCUT2D eigenvalue weighted by Crippen LogP contribution is 2.25. The van der Waals surface area contributed by atoms with Crippen molar-refractivity contribution in [3.63, 3.8) is 0 Å². The van der Waals surface area contributed by atoms with Gasteiger partial charge in [0.15, 0.2) is 0 Å². The largest absolute Gasteiger partial charge is 0.478 e. The number of carbonyl (C=O) groups excluding carboxylic acids is 2. The van der Waals surface area contributed by atoms with E-state index in [2.05, 4.69) is 4.98 Å². The fourth-order valence-electron chi connectivity index (χ4n) is 1.91. The first-order valence-electron chi connectivity index (χ1n) is 5.80. The predicted octanol–water partition coefficient (Wildman–Crippen LogP) is 0.318. The molecule has 18 heavy (non-hydrogen) atoms. The Morgan fingerprint density at radius 1 is 1.61 bits per heavy atom. The topological polar surface area (TPSA) is 85.5 Å². The van der Waals surface area contributed by atoms with E-state index < -0.39 is 11.8 Å². The van der Waals surface area contributed by atoms with Gasteiger partial charge in [0.2, 0.25) is 17.7 Å². The van der Waals surface area contributed by atoms with Crippen LogP contribution in [0, 0.1) is 5.92 Å². The lowest BCUT2D eigenvalue weighted by Gasteiger charge is -2.15. The lowest BCUT2D eigenvalue weighted by atomic mass is 10.1. The molecule has 1 saturated heterocycles. The average Bonchev–Trinajstić information content (AvgIpc) is 2.73. The lowest BCUT2D eigenvalue weighted by molar-refractivity contribution is -0.123. The van der Waals surface area contributed by atoms with Crippen molar-refractivity contribution in [2.75, 3.05) is 18.1 Å². The number of anilines is 1. The molecule has 6 nitrogen and oxygen atoms in total. The second-order valence-corrected chi connectivity index (χ2v) is 4.10. The summed E-state index contributed by atoms with van der Waals surface area (Å²) in [4.78, 5) is 28.4. The first-order valence-corrected chi connectivity index (χ1v) is 5.80. The van der Waals surface area contributed by atoms with Crippen molar-refractivity contribution in [1.29, 1.82) is 0 Å². The zero-order valence-corrected chi connectivity index (χ0v) is 10.1. The third-order valence-electron chi connectivity index (χ3n) is 2.85. The SMILES string of the molecule is CCOc1ccc(N2CC(C(N)=O)CC2=O)cn1. The summed E-state index contributed by atoms with van der Waals surface area (Å²) in [6.07, 6.45) is 1.73. The van der Waals surface area contributed by atoms with Crippen LogP contribution in [-0.4, -0.2) is 29.9 Å². The maximum absolute atomic E-state index is 11.8. The second kappa shape index (κ2) is 5.03. The fraction of sp³-hybridized carbons (Fsp3) is 0.417. The van der Waals surface area contributed by atoms with Gasteiger partial charge in [-0.2, -0.15) is 0 Å². The number of hydrogen-bond acceptors (Lipinski definition) is 4. The zero-order valence-electron chi connectivity index (χ0n) is 10.1. The quantitative estimate of drug-likeness (QED) is 0.832. The summed E-state index contributed by atoms with van der Waals surface area (Å²) in [5, 5.41) is 0. The Morgan fingerprint density at radius 3 is 2.89 bits per heavy atom. The van der Waals surface area contributed by atoms with Gasteiger partial charge in [-0.15, -0.1) is 0 Å². The van der Waals surface area contributed by atoms with Crippen LogP contribution in [0.5, 0.6) is 5.88 Å². The number of amides is 2. The van der Waals surface area contributed by atoms with Gasteiger partial charge < -0.3 is 15.4 Å². The van der Waals surface area contributed by atoms with Gasteiger partial charge in [-0.25, -0.2) is 4.98 Å². The summed E-state index contributed by atoms with van der Waals surface area (Å²) < 4.78 is 5.22. The Morgan fingerprint density at radius 2 is 2.39 bits per heavy atom. The van der Waals surface area contributed by atoms with Crippen molar-refractivity contribution in [3.05, 3.63) is 18.3 Å². The highest BCUT2D eigenvalue weighted by Gasteiger charge is 2.33. The van der Waals surface area contributed by atoms with Crippen molar-refractivity contribution in [2.24, 2.45) is 11.7 Å². The molecular formula is C12H15N3O3. The maximum Gasteiger partial charge on any atom is 0.227 e. The first kappa shape index (κ1) is 12.3. The van der Waals surface area contributed by atoms with Crippen molar-refractivity contribution in [1.82, 2.24) is 4.98 Å². The number of aromatic nitrogens is 1. The molecule has 2 N–H and O–H groups in total. The molecule has 96 valence electrons. The lowest BCUT2D eigenvalue weighted by Crippen LogP contribution is -2.28. The van der Waals surface area contributed by atoms with Crippen LogP contribution in [-0.2, 0) is 9.59 Å². The maximum atomic E-state index is 11.8. The minimum absolute atomic E-state index is 0.107. The van der Waals surface area contributed by atoms with Crippen LogP contribution in [0.15, 0.2) is 18.3 Å². The van der Waals surface area contributed by atoms with Crippen LogP contribution in [0.4, 0.5) is 5.69 Å². The fourth-order valence-corrected chi connectivity index (χ4v) is 1.91. The summed E-state index contributed by atoms with van der Waals surface area (Å²) >= 11 is 0. The molecule has 1 aliphatic heterocycles. The number of nitrogens with zero attached hydrogens (tertiary/aromatic N) is 2. The van der Waals surface area contributed by atoms with E-state index in [-0.39, 0.29) is 12.3 Å². The Labute approximate surface area is 105 Å². The molecule has 2 amide bonds. The Kier molecular flexibility index (Phi) is 3.45. The Hall–Kier alpha value is -2.11. The number of rotatable bonds is 4. The minimum Gasteiger partial charge on any atom is -0.478 e. The summed E-state index contributed by atoms with van der Waals surface area (Å²) in [6, 6.07) is 3.45. The minimum atomic E-state index is -0.440. The molecule has 1 aromatic heterocycles. The van der Waals surface area contributed by atoms with E-state index in [0.29, 0.717) is 24.7 Å². The van der Waals surface area contributed by atoms with E-state index in [9.17, 15) is 9.59 Å². The number of nitrogens with two attached hydrogens (primary N) is 1. The molecule has 1 fully saturated rings. The zero-order chi connectivity index (χ0) is 13.1. The molecule has 6 heteroatoms. The molecule has 1 unspecified atom stereocenters. The van der Waals surface area contributed by atoms with Gasteiger partial charge in [0.05, 0.1) is 24.4 Å². The molecule has 1 aromatic rings. The number of carbonyl (C=O) groups is 2. The number of hydrogen-bond donors (Lipinski definition) is 1. The highest BCUT2D eigenvalue weighted by molar-refractivity contribution is 5.99. The van der Waals surface area contributed by atoms with Crippen LogP contribution in [0.1, 0.15) is 13.3 Å². The normalized spacial score (nSPS) is 19.1. The van der Waals surface area contributed by atoms with Gasteiger partial charge in [0, 0.05) is 19.0 Å². The van der Waals surface area contributed by atoms with Crippen LogP contribution in [0.25, 0.3) is 0 Å². The summed E-state index contributed by atoms with van der Waals surface area (Å²) in [7, 11) is 0. The summed E-state index contributed by atoms with van der Waals surface area (Å²) in [5.41, 5.74) is 5.87. The van der Waals surface area contributed by atoms with Crippen LogP contribution < -0.4 is 15.4 Å². The highest BCUT2D eigenvalue weighted by atomic mass is 16.5. The van der Waals surface area contributed by atoms with Crippen LogP contribution in [0.3, 0.4) is 0 Å². The molecule has 1 atom stereocenters. The van der Waals surface area contributed by atoms with Crippen LogP contribution in [0.2, 0.25) is 0 Å². The first-order chi connectivity index (χ1) is 8.61. The van der Waals surface area contributed by atoms with Crippen molar-refractivity contribution in [2.45, 2.75) is 13.3 Å². The summed E-state index contributed by atoms with van der Waals surface area (Å²) in [5.74, 6) is -0.446. The molecule has 0 radical (unpaired) electrons. The molecule has 2 rings (SSSR count). The van der Waals surface area contributed by atoms with E-state index in [1.807, 2.05) is 6.92 Å². The molecule has 0 bridgehead atoms.